The SMILES string of the molecule is CCOc1ccc(CC(CN)c2ccc(OC)c(OC)c2)cc1. The Kier molecular flexibility index (Phi) is 6.29. The minimum absolute atomic E-state index is 0.229. The summed E-state index contributed by atoms with van der Waals surface area (Å²) in [7, 11) is 3.28. The first-order valence-electron chi connectivity index (χ1n) is 7.85. The zero-order chi connectivity index (χ0) is 16.7. The molecule has 23 heavy (non-hydrogen) atoms. The molecule has 2 rings (SSSR count). The number of hydrogen-bond donors (Lipinski definition) is 1. The molecule has 0 aliphatic heterocycles. The second-order valence-corrected chi connectivity index (χ2v) is 5.33. The van der Waals surface area contributed by atoms with E-state index in [1.165, 1.54) is 5.56 Å². The number of rotatable bonds is 8. The Labute approximate surface area is 138 Å². The molecule has 0 saturated carbocycles. The molecule has 0 amide bonds. The Morgan fingerprint density at radius 1 is 0.957 bits per heavy atom. The van der Waals surface area contributed by atoms with Crippen LogP contribution in [0.3, 0.4) is 0 Å². The molecule has 0 bridgehead atoms. The summed E-state index contributed by atoms with van der Waals surface area (Å²) >= 11 is 0. The maximum absolute atomic E-state index is 6.00. The monoisotopic (exact) mass is 315 g/mol. The van der Waals surface area contributed by atoms with Crippen LogP contribution in [0.4, 0.5) is 0 Å². The van der Waals surface area contributed by atoms with Crippen molar-refractivity contribution in [1.29, 1.82) is 0 Å². The van der Waals surface area contributed by atoms with Gasteiger partial charge in [0.2, 0.25) is 0 Å². The molecule has 0 aliphatic rings. The standard InChI is InChI=1S/C19H25NO3/c1-4-23-17-8-5-14(6-9-17)11-16(13-20)15-7-10-18(21-2)19(12-15)22-3/h5-10,12,16H,4,11,13,20H2,1-3H3. The fourth-order valence-corrected chi connectivity index (χ4v) is 2.62. The van der Waals surface area contributed by atoms with Crippen molar-refractivity contribution in [3.63, 3.8) is 0 Å². The van der Waals surface area contributed by atoms with Crippen molar-refractivity contribution >= 4 is 0 Å². The van der Waals surface area contributed by atoms with Crippen molar-refractivity contribution < 1.29 is 14.2 Å². The third kappa shape index (κ3) is 4.39. The predicted octanol–water partition coefficient (Wildman–Crippen LogP) is 3.39. The highest BCUT2D eigenvalue weighted by Crippen LogP contribution is 2.31. The van der Waals surface area contributed by atoms with Gasteiger partial charge in [-0.15, -0.1) is 0 Å². The lowest BCUT2D eigenvalue weighted by atomic mass is 9.92. The largest absolute Gasteiger partial charge is 0.494 e. The van der Waals surface area contributed by atoms with Crippen LogP contribution >= 0.6 is 0 Å². The summed E-state index contributed by atoms with van der Waals surface area (Å²) in [5.74, 6) is 2.59. The highest BCUT2D eigenvalue weighted by atomic mass is 16.5. The summed E-state index contributed by atoms with van der Waals surface area (Å²) in [6.07, 6.45) is 0.873. The van der Waals surface area contributed by atoms with Gasteiger partial charge < -0.3 is 19.9 Å². The number of benzene rings is 2. The van der Waals surface area contributed by atoms with E-state index in [1.807, 2.05) is 37.3 Å². The molecule has 0 radical (unpaired) electrons. The molecule has 2 aromatic carbocycles. The van der Waals surface area contributed by atoms with Crippen molar-refractivity contribution in [3.05, 3.63) is 53.6 Å². The van der Waals surface area contributed by atoms with Crippen LogP contribution in [0.2, 0.25) is 0 Å². The van der Waals surface area contributed by atoms with E-state index in [4.69, 9.17) is 19.9 Å². The predicted molar refractivity (Wildman–Crippen MR) is 92.7 cm³/mol. The lowest BCUT2D eigenvalue weighted by Gasteiger charge is -2.18. The van der Waals surface area contributed by atoms with Gasteiger partial charge in [-0.25, -0.2) is 0 Å². The van der Waals surface area contributed by atoms with Crippen molar-refractivity contribution in [2.24, 2.45) is 5.73 Å². The molecule has 2 aromatic rings. The van der Waals surface area contributed by atoms with Gasteiger partial charge in [-0.05, 0) is 55.3 Å². The van der Waals surface area contributed by atoms with Gasteiger partial charge in [0.15, 0.2) is 11.5 Å². The van der Waals surface area contributed by atoms with Gasteiger partial charge in [0.25, 0.3) is 0 Å². The zero-order valence-electron chi connectivity index (χ0n) is 14.0. The van der Waals surface area contributed by atoms with Crippen LogP contribution in [0.1, 0.15) is 24.0 Å². The van der Waals surface area contributed by atoms with E-state index in [0.717, 1.165) is 29.2 Å². The molecular weight excluding hydrogens is 290 g/mol. The number of methoxy groups -OCH3 is 2. The summed E-state index contributed by atoms with van der Waals surface area (Å²) in [5, 5.41) is 0. The topological polar surface area (TPSA) is 53.7 Å². The molecule has 124 valence electrons. The van der Waals surface area contributed by atoms with E-state index in [-0.39, 0.29) is 5.92 Å². The minimum Gasteiger partial charge on any atom is -0.494 e. The second kappa shape index (κ2) is 8.44. The van der Waals surface area contributed by atoms with Gasteiger partial charge in [-0.2, -0.15) is 0 Å². The quantitative estimate of drug-likeness (QED) is 0.811. The smallest absolute Gasteiger partial charge is 0.160 e. The maximum atomic E-state index is 6.00. The van der Waals surface area contributed by atoms with Crippen LogP contribution in [0.25, 0.3) is 0 Å². The number of ether oxygens (including phenoxy) is 3. The first kappa shape index (κ1) is 17.2. The Morgan fingerprint density at radius 2 is 1.65 bits per heavy atom. The fraction of sp³-hybridized carbons (Fsp3) is 0.368. The van der Waals surface area contributed by atoms with Gasteiger partial charge >= 0.3 is 0 Å². The molecule has 2 N–H and O–H groups in total. The van der Waals surface area contributed by atoms with Crippen molar-refractivity contribution in [1.82, 2.24) is 0 Å². The van der Waals surface area contributed by atoms with E-state index in [2.05, 4.69) is 12.1 Å². The average molecular weight is 315 g/mol. The minimum atomic E-state index is 0.229. The molecule has 1 atom stereocenters. The van der Waals surface area contributed by atoms with Crippen LogP contribution in [0.5, 0.6) is 17.2 Å². The van der Waals surface area contributed by atoms with E-state index in [9.17, 15) is 0 Å². The molecule has 1 unspecified atom stereocenters. The van der Waals surface area contributed by atoms with Gasteiger partial charge in [0.1, 0.15) is 5.75 Å². The Bertz CT molecular complexity index is 611. The van der Waals surface area contributed by atoms with E-state index >= 15 is 0 Å². The van der Waals surface area contributed by atoms with Crippen LogP contribution in [0.15, 0.2) is 42.5 Å². The van der Waals surface area contributed by atoms with E-state index in [1.54, 1.807) is 14.2 Å². The molecule has 0 heterocycles. The number of hydrogen-bond acceptors (Lipinski definition) is 4. The van der Waals surface area contributed by atoms with Gasteiger partial charge in [0, 0.05) is 5.92 Å². The van der Waals surface area contributed by atoms with Crippen LogP contribution in [-0.4, -0.2) is 27.4 Å². The van der Waals surface area contributed by atoms with Gasteiger partial charge in [-0.3, -0.25) is 0 Å². The maximum Gasteiger partial charge on any atom is 0.160 e. The summed E-state index contributed by atoms with van der Waals surface area (Å²) < 4.78 is 16.1. The third-order valence-corrected chi connectivity index (χ3v) is 3.88. The van der Waals surface area contributed by atoms with E-state index < -0.39 is 0 Å². The van der Waals surface area contributed by atoms with Crippen molar-refractivity contribution in [2.75, 3.05) is 27.4 Å². The van der Waals surface area contributed by atoms with Crippen molar-refractivity contribution in [2.45, 2.75) is 19.3 Å². The molecule has 4 heteroatoms. The molecule has 0 spiro atoms. The number of nitrogens with two attached hydrogens (primary N) is 1. The molecule has 0 aromatic heterocycles. The fourth-order valence-electron chi connectivity index (χ4n) is 2.62. The summed E-state index contributed by atoms with van der Waals surface area (Å²) in [5.41, 5.74) is 8.38. The second-order valence-electron chi connectivity index (χ2n) is 5.33. The zero-order valence-corrected chi connectivity index (χ0v) is 14.0. The van der Waals surface area contributed by atoms with Crippen molar-refractivity contribution in [3.8, 4) is 17.2 Å². The summed E-state index contributed by atoms with van der Waals surface area (Å²) in [6, 6.07) is 14.2. The molecule has 0 saturated heterocycles. The van der Waals surface area contributed by atoms with Crippen LogP contribution < -0.4 is 19.9 Å². The molecule has 0 fully saturated rings. The van der Waals surface area contributed by atoms with Gasteiger partial charge in [0.05, 0.1) is 20.8 Å². The van der Waals surface area contributed by atoms with Crippen LogP contribution in [-0.2, 0) is 6.42 Å². The highest BCUT2D eigenvalue weighted by molar-refractivity contribution is 5.44. The highest BCUT2D eigenvalue weighted by Gasteiger charge is 2.14. The normalized spacial score (nSPS) is 11.8. The third-order valence-electron chi connectivity index (χ3n) is 3.88. The first-order valence-corrected chi connectivity index (χ1v) is 7.85. The molecular formula is C19H25NO3. The summed E-state index contributed by atoms with van der Waals surface area (Å²) in [6.45, 7) is 3.23. The van der Waals surface area contributed by atoms with Gasteiger partial charge in [-0.1, -0.05) is 18.2 Å². The molecule has 4 nitrogen and oxygen atoms in total. The van der Waals surface area contributed by atoms with Crippen LogP contribution in [0, 0.1) is 0 Å². The average Bonchev–Trinajstić information content (AvgIpc) is 2.60. The Balaban J connectivity index is 2.16. The lowest BCUT2D eigenvalue weighted by molar-refractivity contribution is 0.340. The molecule has 0 aliphatic carbocycles. The Hall–Kier alpha value is -2.20. The lowest BCUT2D eigenvalue weighted by Crippen LogP contribution is -2.15. The van der Waals surface area contributed by atoms with E-state index in [0.29, 0.717) is 13.2 Å². The first-order chi connectivity index (χ1) is 11.2. The Morgan fingerprint density at radius 3 is 2.22 bits per heavy atom. The summed E-state index contributed by atoms with van der Waals surface area (Å²) in [4.78, 5) is 0.